The molecule has 0 atom stereocenters. The Morgan fingerprint density at radius 1 is 0.909 bits per heavy atom. The van der Waals surface area contributed by atoms with Gasteiger partial charge in [0.1, 0.15) is 12.1 Å². The van der Waals surface area contributed by atoms with E-state index in [4.69, 9.17) is 4.74 Å². The highest BCUT2D eigenvalue weighted by atomic mass is 16.5. The van der Waals surface area contributed by atoms with Crippen molar-refractivity contribution < 1.29 is 14.3 Å². The van der Waals surface area contributed by atoms with E-state index < -0.39 is 5.97 Å². The molecule has 172 valence electrons. The molecule has 0 aliphatic carbocycles. The van der Waals surface area contributed by atoms with Crippen molar-refractivity contribution in [2.24, 2.45) is 0 Å². The topological polar surface area (TPSA) is 77.3 Å². The third kappa shape index (κ3) is 5.83. The molecule has 0 spiro atoms. The third-order valence-corrected chi connectivity index (χ3v) is 4.71. The molecule has 0 unspecified atom stereocenters. The predicted molar refractivity (Wildman–Crippen MR) is 131 cm³/mol. The van der Waals surface area contributed by atoms with E-state index in [2.05, 4.69) is 10.3 Å². The number of hydrogen-bond acceptors (Lipinski definition) is 5. The standard InChI is InChI=1S/C23H20N4O3.C2H6.CH4/c1-2-26(23(29)27-21-11-7-6-10-20(21)24-25-27)19-14-12-18(13-15-19)22(28)30-16-17-8-4-3-5-9-17;1-2;/h3-15H,2,16H2,1H3;1-2H3;1H4. The molecule has 3 aromatic carbocycles. The van der Waals surface area contributed by atoms with Gasteiger partial charge in [-0.2, -0.15) is 4.68 Å². The Kier molecular flexibility index (Phi) is 9.30. The Morgan fingerprint density at radius 3 is 2.21 bits per heavy atom. The maximum Gasteiger partial charge on any atom is 0.351 e. The fraction of sp³-hybridized carbons (Fsp3) is 0.231. The Balaban J connectivity index is 0.00000125. The van der Waals surface area contributed by atoms with Crippen molar-refractivity contribution in [3.05, 3.63) is 90.0 Å². The molecule has 0 N–H and O–H groups in total. The summed E-state index contributed by atoms with van der Waals surface area (Å²) in [5.41, 5.74) is 3.29. The van der Waals surface area contributed by atoms with Crippen molar-refractivity contribution in [1.29, 1.82) is 0 Å². The van der Waals surface area contributed by atoms with E-state index in [0.29, 0.717) is 28.8 Å². The van der Waals surface area contributed by atoms with E-state index in [1.54, 1.807) is 41.3 Å². The lowest BCUT2D eigenvalue weighted by Gasteiger charge is -2.20. The molecule has 7 heteroatoms. The molecule has 1 heterocycles. The molecule has 0 aliphatic rings. The van der Waals surface area contributed by atoms with Crippen LogP contribution in [0.4, 0.5) is 10.5 Å². The highest BCUT2D eigenvalue weighted by molar-refractivity contribution is 5.98. The van der Waals surface area contributed by atoms with Gasteiger partial charge in [-0.05, 0) is 48.9 Å². The first-order valence-electron chi connectivity index (χ1n) is 10.6. The van der Waals surface area contributed by atoms with E-state index in [1.807, 2.05) is 63.2 Å². The van der Waals surface area contributed by atoms with Crippen LogP contribution in [0.2, 0.25) is 0 Å². The summed E-state index contributed by atoms with van der Waals surface area (Å²) < 4.78 is 6.63. The molecule has 0 fully saturated rings. The van der Waals surface area contributed by atoms with Crippen molar-refractivity contribution in [1.82, 2.24) is 15.0 Å². The molecule has 4 aromatic rings. The smallest absolute Gasteiger partial charge is 0.351 e. The van der Waals surface area contributed by atoms with Gasteiger partial charge in [-0.3, -0.25) is 4.90 Å². The third-order valence-electron chi connectivity index (χ3n) is 4.71. The number of benzene rings is 3. The van der Waals surface area contributed by atoms with Gasteiger partial charge in [0.05, 0.1) is 11.1 Å². The van der Waals surface area contributed by atoms with Crippen molar-refractivity contribution >= 4 is 28.7 Å². The van der Waals surface area contributed by atoms with E-state index in [1.165, 1.54) is 4.68 Å². The molecular formula is C26H30N4O3. The molecule has 1 amide bonds. The zero-order valence-electron chi connectivity index (χ0n) is 18.4. The minimum Gasteiger partial charge on any atom is -0.457 e. The molecule has 4 rings (SSSR count). The van der Waals surface area contributed by atoms with Crippen LogP contribution in [0.25, 0.3) is 11.0 Å². The van der Waals surface area contributed by atoms with Crippen molar-refractivity contribution in [3.63, 3.8) is 0 Å². The second-order valence-corrected chi connectivity index (χ2v) is 6.63. The summed E-state index contributed by atoms with van der Waals surface area (Å²) in [6, 6.07) is 23.2. The fourth-order valence-corrected chi connectivity index (χ4v) is 3.14. The van der Waals surface area contributed by atoms with Gasteiger partial charge in [0.2, 0.25) is 0 Å². The number of carbonyl (C=O) groups is 2. The minimum atomic E-state index is -0.415. The lowest BCUT2D eigenvalue weighted by molar-refractivity contribution is 0.0472. The number of esters is 1. The van der Waals surface area contributed by atoms with Gasteiger partial charge in [-0.1, -0.05) is 69.0 Å². The highest BCUT2D eigenvalue weighted by Crippen LogP contribution is 2.19. The number of nitrogens with zero attached hydrogens (tertiary/aromatic N) is 4. The van der Waals surface area contributed by atoms with Gasteiger partial charge in [0, 0.05) is 12.2 Å². The quantitative estimate of drug-likeness (QED) is 0.354. The van der Waals surface area contributed by atoms with Crippen LogP contribution < -0.4 is 4.90 Å². The Morgan fingerprint density at radius 2 is 1.55 bits per heavy atom. The lowest BCUT2D eigenvalue weighted by Crippen LogP contribution is -2.35. The van der Waals surface area contributed by atoms with Crippen molar-refractivity contribution in [2.75, 3.05) is 11.4 Å². The lowest BCUT2D eigenvalue weighted by atomic mass is 10.2. The van der Waals surface area contributed by atoms with E-state index in [9.17, 15) is 9.59 Å². The number of anilines is 1. The van der Waals surface area contributed by atoms with E-state index in [0.717, 1.165) is 5.56 Å². The summed E-state index contributed by atoms with van der Waals surface area (Å²) in [7, 11) is 0. The molecule has 0 saturated carbocycles. The zero-order valence-corrected chi connectivity index (χ0v) is 18.4. The first kappa shape index (κ1) is 25.3. The summed E-state index contributed by atoms with van der Waals surface area (Å²) in [6.45, 7) is 6.52. The molecule has 0 aliphatic heterocycles. The van der Waals surface area contributed by atoms with Crippen LogP contribution >= 0.6 is 0 Å². The Hall–Kier alpha value is -4.00. The van der Waals surface area contributed by atoms with E-state index in [-0.39, 0.29) is 20.1 Å². The van der Waals surface area contributed by atoms with E-state index >= 15 is 0 Å². The number of fused-ring (bicyclic) bond motifs is 1. The average molecular weight is 447 g/mol. The van der Waals surface area contributed by atoms with Crippen molar-refractivity contribution in [3.8, 4) is 0 Å². The number of para-hydroxylation sites is 1. The molecule has 0 saturated heterocycles. The summed E-state index contributed by atoms with van der Waals surface area (Å²) >= 11 is 0. The minimum absolute atomic E-state index is 0. The first-order valence-corrected chi connectivity index (χ1v) is 10.6. The number of aromatic nitrogens is 3. The van der Waals surface area contributed by atoms with Crippen LogP contribution in [0.3, 0.4) is 0 Å². The van der Waals surface area contributed by atoms with Crippen LogP contribution in [0.5, 0.6) is 0 Å². The second kappa shape index (κ2) is 12.1. The van der Waals surface area contributed by atoms with Crippen LogP contribution in [-0.4, -0.2) is 33.5 Å². The van der Waals surface area contributed by atoms with Crippen molar-refractivity contribution in [2.45, 2.75) is 34.8 Å². The summed E-state index contributed by atoms with van der Waals surface area (Å²) in [5.74, 6) is -0.415. The number of carbonyl (C=O) groups excluding carboxylic acids is 2. The van der Waals surface area contributed by atoms with Gasteiger partial charge >= 0.3 is 12.0 Å². The zero-order chi connectivity index (χ0) is 22.9. The Bertz CT molecular complexity index is 1170. The molecule has 7 nitrogen and oxygen atoms in total. The number of hydrogen-bond donors (Lipinski definition) is 0. The van der Waals surface area contributed by atoms with Crippen LogP contribution in [0.1, 0.15) is 44.1 Å². The Labute approximate surface area is 194 Å². The van der Waals surface area contributed by atoms with Crippen LogP contribution in [-0.2, 0) is 11.3 Å². The first-order chi connectivity index (χ1) is 15.7. The molecule has 33 heavy (non-hydrogen) atoms. The van der Waals surface area contributed by atoms with Crippen LogP contribution in [0, 0.1) is 0 Å². The van der Waals surface area contributed by atoms with Gasteiger partial charge in [0.15, 0.2) is 0 Å². The normalized spacial score (nSPS) is 9.91. The van der Waals surface area contributed by atoms with Crippen LogP contribution in [0.15, 0.2) is 78.9 Å². The average Bonchev–Trinajstić information content (AvgIpc) is 3.29. The second-order valence-electron chi connectivity index (χ2n) is 6.63. The maximum absolute atomic E-state index is 13.0. The van der Waals surface area contributed by atoms with Gasteiger partial charge < -0.3 is 4.74 Å². The largest absolute Gasteiger partial charge is 0.457 e. The van der Waals surface area contributed by atoms with Gasteiger partial charge in [-0.15, -0.1) is 5.10 Å². The number of ether oxygens (including phenoxy) is 1. The highest BCUT2D eigenvalue weighted by Gasteiger charge is 2.20. The maximum atomic E-state index is 13.0. The SMILES string of the molecule is C.CC.CCN(C(=O)n1nnc2ccccc21)c1ccc(C(=O)OCc2ccccc2)cc1. The summed E-state index contributed by atoms with van der Waals surface area (Å²) in [5, 5.41) is 8.03. The van der Waals surface area contributed by atoms with Gasteiger partial charge in [0.25, 0.3) is 0 Å². The summed E-state index contributed by atoms with van der Waals surface area (Å²) in [6.07, 6.45) is 0. The fourth-order valence-electron chi connectivity index (χ4n) is 3.14. The summed E-state index contributed by atoms with van der Waals surface area (Å²) in [4.78, 5) is 26.9. The molecular weight excluding hydrogens is 416 g/mol. The molecule has 0 bridgehead atoms. The monoisotopic (exact) mass is 446 g/mol. The number of amides is 1. The predicted octanol–water partition coefficient (Wildman–Crippen LogP) is 5.95. The molecule has 0 radical (unpaired) electrons. The number of rotatable bonds is 5. The molecule has 1 aromatic heterocycles. The van der Waals surface area contributed by atoms with Gasteiger partial charge in [-0.25, -0.2) is 9.59 Å².